The molecule has 0 saturated carbocycles. The van der Waals surface area contributed by atoms with Crippen molar-refractivity contribution in [1.82, 2.24) is 19.6 Å². The van der Waals surface area contributed by atoms with E-state index in [-0.39, 0.29) is 5.91 Å². The van der Waals surface area contributed by atoms with Crippen LogP contribution in [0.3, 0.4) is 0 Å². The highest BCUT2D eigenvalue weighted by molar-refractivity contribution is 5.93. The fourth-order valence-electron chi connectivity index (χ4n) is 3.88. The Bertz CT molecular complexity index is 944. The molecule has 6 heteroatoms. The van der Waals surface area contributed by atoms with Crippen LogP contribution in [0.15, 0.2) is 67.0 Å². The van der Waals surface area contributed by atoms with E-state index in [4.69, 9.17) is 0 Å². The molecule has 1 N–H and O–H groups in total. The molecule has 0 spiro atoms. The summed E-state index contributed by atoms with van der Waals surface area (Å²) in [5.74, 6) is 0.0681. The van der Waals surface area contributed by atoms with E-state index in [1.807, 2.05) is 35.1 Å². The summed E-state index contributed by atoms with van der Waals surface area (Å²) in [5, 5.41) is 7.34. The van der Waals surface area contributed by atoms with E-state index in [0.717, 1.165) is 50.5 Å². The minimum atomic E-state index is 0.0681. The number of anilines is 1. The fraction of sp³-hybridized carbons (Fsp3) is 0.333. The molecule has 1 fully saturated rings. The van der Waals surface area contributed by atoms with Crippen LogP contribution in [-0.4, -0.2) is 58.2 Å². The van der Waals surface area contributed by atoms with Crippen LogP contribution in [0.4, 0.5) is 5.69 Å². The van der Waals surface area contributed by atoms with Gasteiger partial charge in [0.05, 0.1) is 12.2 Å². The Hall–Kier alpha value is -2.96. The number of hydrogen-bond donors (Lipinski definition) is 1. The highest BCUT2D eigenvalue weighted by Gasteiger charge is 2.19. The van der Waals surface area contributed by atoms with Gasteiger partial charge in [-0.1, -0.05) is 37.3 Å². The summed E-state index contributed by atoms with van der Waals surface area (Å²) < 4.78 is 1.87. The molecule has 0 unspecified atom stereocenters. The Morgan fingerprint density at radius 3 is 2.40 bits per heavy atom. The number of amides is 1. The number of para-hydroxylation sites is 1. The lowest BCUT2D eigenvalue weighted by Gasteiger charge is -2.34. The van der Waals surface area contributed by atoms with Crippen molar-refractivity contribution in [1.29, 1.82) is 0 Å². The number of carbonyl (C=O) groups excluding carboxylic acids is 1. The van der Waals surface area contributed by atoms with E-state index >= 15 is 0 Å². The second-order valence-corrected chi connectivity index (χ2v) is 7.73. The van der Waals surface area contributed by atoms with Crippen LogP contribution in [0, 0.1) is 0 Å². The van der Waals surface area contributed by atoms with Crippen LogP contribution < -0.4 is 5.32 Å². The summed E-state index contributed by atoms with van der Waals surface area (Å²) in [6.45, 7) is 7.25. The average molecular weight is 404 g/mol. The van der Waals surface area contributed by atoms with Crippen LogP contribution in [0.25, 0.3) is 5.69 Å². The van der Waals surface area contributed by atoms with Crippen LogP contribution >= 0.6 is 0 Å². The molecule has 2 aromatic carbocycles. The minimum absolute atomic E-state index is 0.0681. The summed E-state index contributed by atoms with van der Waals surface area (Å²) in [5.41, 5.74) is 4.48. The van der Waals surface area contributed by atoms with Gasteiger partial charge in [-0.3, -0.25) is 14.6 Å². The van der Waals surface area contributed by atoms with Gasteiger partial charge in [0.25, 0.3) is 0 Å². The molecule has 156 valence electrons. The minimum Gasteiger partial charge on any atom is -0.325 e. The van der Waals surface area contributed by atoms with Gasteiger partial charge in [0.2, 0.25) is 5.91 Å². The van der Waals surface area contributed by atoms with Crippen LogP contribution in [0.1, 0.15) is 18.1 Å². The highest BCUT2D eigenvalue weighted by atomic mass is 16.2. The molecule has 0 aliphatic carbocycles. The van der Waals surface area contributed by atoms with Crippen molar-refractivity contribution >= 4 is 11.6 Å². The number of piperazine rings is 1. The maximum absolute atomic E-state index is 12.5. The van der Waals surface area contributed by atoms with Gasteiger partial charge in [-0.2, -0.15) is 5.10 Å². The molecule has 4 rings (SSSR count). The molecule has 1 saturated heterocycles. The molecular weight excluding hydrogens is 374 g/mol. The summed E-state index contributed by atoms with van der Waals surface area (Å²) in [4.78, 5) is 17.2. The number of rotatable bonds is 7. The zero-order valence-electron chi connectivity index (χ0n) is 17.5. The fourth-order valence-corrected chi connectivity index (χ4v) is 3.88. The van der Waals surface area contributed by atoms with E-state index in [9.17, 15) is 4.79 Å². The summed E-state index contributed by atoms with van der Waals surface area (Å²) in [7, 11) is 0. The first-order valence-corrected chi connectivity index (χ1v) is 10.6. The quantitative estimate of drug-likeness (QED) is 0.658. The second kappa shape index (κ2) is 9.69. The van der Waals surface area contributed by atoms with Gasteiger partial charge < -0.3 is 5.32 Å². The average Bonchev–Trinajstić information content (AvgIpc) is 3.31. The van der Waals surface area contributed by atoms with E-state index in [0.29, 0.717) is 6.54 Å². The zero-order valence-corrected chi connectivity index (χ0v) is 17.5. The molecule has 2 heterocycles. The smallest absolute Gasteiger partial charge is 0.238 e. The molecule has 1 amide bonds. The molecule has 6 nitrogen and oxygen atoms in total. The largest absolute Gasteiger partial charge is 0.325 e. The van der Waals surface area contributed by atoms with E-state index in [1.54, 1.807) is 6.20 Å². The highest BCUT2D eigenvalue weighted by Crippen LogP contribution is 2.16. The molecule has 30 heavy (non-hydrogen) atoms. The first kappa shape index (κ1) is 20.3. The van der Waals surface area contributed by atoms with Gasteiger partial charge in [0.1, 0.15) is 0 Å². The lowest BCUT2D eigenvalue weighted by Crippen LogP contribution is -2.48. The number of carbonyl (C=O) groups is 1. The topological polar surface area (TPSA) is 53.4 Å². The zero-order chi connectivity index (χ0) is 20.8. The number of nitrogens with one attached hydrogen (secondary N) is 1. The van der Waals surface area contributed by atoms with E-state index in [2.05, 4.69) is 57.5 Å². The van der Waals surface area contributed by atoms with Gasteiger partial charge in [-0.05, 0) is 41.8 Å². The predicted molar refractivity (Wildman–Crippen MR) is 120 cm³/mol. The monoisotopic (exact) mass is 403 g/mol. The number of nitrogens with zero attached hydrogens (tertiary/aromatic N) is 4. The van der Waals surface area contributed by atoms with Crippen molar-refractivity contribution in [3.05, 3.63) is 78.1 Å². The molecule has 1 aromatic heterocycles. The Kier molecular flexibility index (Phi) is 6.57. The van der Waals surface area contributed by atoms with Crippen LogP contribution in [-0.2, 0) is 17.8 Å². The van der Waals surface area contributed by atoms with Crippen molar-refractivity contribution in [2.24, 2.45) is 0 Å². The van der Waals surface area contributed by atoms with Crippen molar-refractivity contribution < 1.29 is 4.79 Å². The third-order valence-corrected chi connectivity index (χ3v) is 5.62. The standard InChI is InChI=1S/C24H29N5O/c1-2-21-6-3-4-7-23(21)26-24(30)19-28-16-14-27(15-17-28)18-20-8-10-22(11-9-20)29-13-5-12-25-29/h3-13H,2,14-19H2,1H3,(H,26,30). The molecule has 0 atom stereocenters. The second-order valence-electron chi connectivity index (χ2n) is 7.73. The molecule has 1 aliphatic rings. The van der Waals surface area contributed by atoms with Crippen LogP contribution in [0.2, 0.25) is 0 Å². The van der Waals surface area contributed by atoms with Crippen molar-refractivity contribution in [2.45, 2.75) is 19.9 Å². The molecule has 1 aliphatic heterocycles. The number of hydrogen-bond acceptors (Lipinski definition) is 4. The first-order valence-electron chi connectivity index (χ1n) is 10.6. The van der Waals surface area contributed by atoms with Crippen molar-refractivity contribution in [3.8, 4) is 5.69 Å². The Labute approximate surface area is 178 Å². The molecule has 3 aromatic rings. The Morgan fingerprint density at radius 2 is 1.70 bits per heavy atom. The number of benzene rings is 2. The van der Waals surface area contributed by atoms with Crippen molar-refractivity contribution in [3.63, 3.8) is 0 Å². The van der Waals surface area contributed by atoms with Crippen LogP contribution in [0.5, 0.6) is 0 Å². The lowest BCUT2D eigenvalue weighted by atomic mass is 10.1. The maximum atomic E-state index is 12.5. The predicted octanol–water partition coefficient (Wildman–Crippen LogP) is 3.19. The lowest BCUT2D eigenvalue weighted by molar-refractivity contribution is -0.117. The van der Waals surface area contributed by atoms with Crippen molar-refractivity contribution in [2.75, 3.05) is 38.0 Å². The normalized spacial score (nSPS) is 15.2. The van der Waals surface area contributed by atoms with Gasteiger partial charge >= 0.3 is 0 Å². The van der Waals surface area contributed by atoms with E-state index < -0.39 is 0 Å². The van der Waals surface area contributed by atoms with Gasteiger partial charge in [-0.15, -0.1) is 0 Å². The maximum Gasteiger partial charge on any atom is 0.238 e. The Balaban J connectivity index is 1.23. The Morgan fingerprint density at radius 1 is 0.967 bits per heavy atom. The van der Waals surface area contributed by atoms with Gasteiger partial charge in [0, 0.05) is 50.8 Å². The summed E-state index contributed by atoms with van der Waals surface area (Å²) in [6.07, 6.45) is 4.65. The van der Waals surface area contributed by atoms with E-state index in [1.165, 1.54) is 11.1 Å². The summed E-state index contributed by atoms with van der Waals surface area (Å²) >= 11 is 0. The third-order valence-electron chi connectivity index (χ3n) is 5.62. The number of aryl methyl sites for hydroxylation is 1. The SMILES string of the molecule is CCc1ccccc1NC(=O)CN1CCN(Cc2ccc(-n3cccn3)cc2)CC1. The molecule has 0 radical (unpaired) electrons. The first-order chi connectivity index (χ1) is 14.7. The van der Waals surface area contributed by atoms with Gasteiger partial charge in [-0.25, -0.2) is 4.68 Å². The number of aromatic nitrogens is 2. The third kappa shape index (κ3) is 5.14. The summed E-state index contributed by atoms with van der Waals surface area (Å²) in [6, 6.07) is 18.5. The molecule has 0 bridgehead atoms. The van der Waals surface area contributed by atoms with Gasteiger partial charge in [0.15, 0.2) is 0 Å². The molecular formula is C24H29N5O.